The minimum atomic E-state index is -3.70. The SMILES string of the molecule is C[C@@H](C(=O)N/N=C\c1ccc(OCC(=O)Nc2cccc(Cl)c2)cc1)N(c1ccccc1)S(C)(=O)=O. The summed E-state index contributed by atoms with van der Waals surface area (Å²) in [5.41, 5.74) is 3.97. The van der Waals surface area contributed by atoms with E-state index in [9.17, 15) is 18.0 Å². The highest BCUT2D eigenvalue weighted by atomic mass is 35.5. The molecular weight excluding hydrogens is 504 g/mol. The Bertz CT molecular complexity index is 1330. The number of sulfonamides is 1. The molecule has 0 bridgehead atoms. The van der Waals surface area contributed by atoms with Gasteiger partial charge in [0.15, 0.2) is 6.61 Å². The summed E-state index contributed by atoms with van der Waals surface area (Å²) in [5.74, 6) is -0.456. The molecule has 9 nitrogen and oxygen atoms in total. The van der Waals surface area contributed by atoms with Crippen LogP contribution in [-0.2, 0) is 19.6 Å². The Kier molecular flexibility index (Phi) is 9.04. The number of hydrazone groups is 1. The Morgan fingerprint density at radius 3 is 2.39 bits per heavy atom. The Morgan fingerprint density at radius 1 is 1.06 bits per heavy atom. The molecule has 0 aliphatic rings. The predicted molar refractivity (Wildman–Crippen MR) is 141 cm³/mol. The highest BCUT2D eigenvalue weighted by Crippen LogP contribution is 2.20. The molecule has 0 unspecified atom stereocenters. The van der Waals surface area contributed by atoms with Crippen molar-refractivity contribution in [2.45, 2.75) is 13.0 Å². The zero-order chi connectivity index (χ0) is 26.1. The summed E-state index contributed by atoms with van der Waals surface area (Å²) in [6.45, 7) is 1.29. The molecule has 2 amide bonds. The van der Waals surface area contributed by atoms with Crippen LogP contribution in [0.4, 0.5) is 11.4 Å². The molecule has 3 aromatic rings. The van der Waals surface area contributed by atoms with E-state index >= 15 is 0 Å². The quantitative estimate of drug-likeness (QED) is 0.307. The number of carbonyl (C=O) groups excluding carboxylic acids is 2. The largest absolute Gasteiger partial charge is 0.484 e. The minimum absolute atomic E-state index is 0.188. The van der Waals surface area contributed by atoms with Gasteiger partial charge in [-0.25, -0.2) is 13.8 Å². The third kappa shape index (κ3) is 7.82. The van der Waals surface area contributed by atoms with Crippen molar-refractivity contribution in [1.82, 2.24) is 5.43 Å². The third-order valence-corrected chi connectivity index (χ3v) is 6.32. The number of hydrogen-bond acceptors (Lipinski definition) is 6. The van der Waals surface area contributed by atoms with E-state index in [2.05, 4.69) is 15.8 Å². The van der Waals surface area contributed by atoms with E-state index in [0.29, 0.717) is 27.7 Å². The average Bonchev–Trinajstić information content (AvgIpc) is 2.83. The number of amides is 2. The molecule has 0 aromatic heterocycles. The van der Waals surface area contributed by atoms with Crippen LogP contribution in [0, 0.1) is 0 Å². The number of nitrogens with zero attached hydrogens (tertiary/aromatic N) is 2. The standard InChI is InChI=1S/C25H25ClN4O5S/c1-18(30(36(2,33)34)22-9-4-3-5-10-22)25(32)29-27-16-19-11-13-23(14-12-19)35-17-24(31)28-21-8-6-7-20(26)15-21/h3-16,18H,17H2,1-2H3,(H,28,31)(H,29,32)/b27-16-/t18-/m0/s1. The summed E-state index contributed by atoms with van der Waals surface area (Å²) in [4.78, 5) is 24.6. The summed E-state index contributed by atoms with van der Waals surface area (Å²) < 4.78 is 31.1. The van der Waals surface area contributed by atoms with E-state index in [1.54, 1.807) is 78.9 Å². The lowest BCUT2D eigenvalue weighted by Crippen LogP contribution is -2.46. The maximum absolute atomic E-state index is 12.6. The molecule has 188 valence electrons. The fourth-order valence-corrected chi connectivity index (χ4v) is 4.57. The first-order valence-corrected chi connectivity index (χ1v) is 13.0. The lowest BCUT2D eigenvalue weighted by atomic mass is 10.2. The van der Waals surface area contributed by atoms with Crippen molar-refractivity contribution in [1.29, 1.82) is 0 Å². The van der Waals surface area contributed by atoms with Crippen molar-refractivity contribution in [2.75, 3.05) is 22.5 Å². The van der Waals surface area contributed by atoms with E-state index in [-0.39, 0.29) is 12.5 Å². The highest BCUT2D eigenvalue weighted by Gasteiger charge is 2.28. The van der Waals surface area contributed by atoms with Gasteiger partial charge in [0.05, 0.1) is 18.2 Å². The van der Waals surface area contributed by atoms with Crippen LogP contribution in [0.25, 0.3) is 0 Å². The number of halogens is 1. The molecule has 0 radical (unpaired) electrons. The summed E-state index contributed by atoms with van der Waals surface area (Å²) in [6.07, 6.45) is 2.45. The summed E-state index contributed by atoms with van der Waals surface area (Å²) in [5, 5.41) is 7.12. The molecule has 0 spiro atoms. The third-order valence-electron chi connectivity index (χ3n) is 4.85. The van der Waals surface area contributed by atoms with Crippen LogP contribution in [0.5, 0.6) is 5.75 Å². The van der Waals surface area contributed by atoms with Crippen LogP contribution >= 0.6 is 11.6 Å². The van der Waals surface area contributed by atoms with E-state index in [1.807, 2.05) is 0 Å². The van der Waals surface area contributed by atoms with E-state index in [1.165, 1.54) is 13.1 Å². The van der Waals surface area contributed by atoms with Gasteiger partial charge in [0.25, 0.3) is 11.8 Å². The highest BCUT2D eigenvalue weighted by molar-refractivity contribution is 7.92. The second-order valence-electron chi connectivity index (χ2n) is 7.72. The first kappa shape index (κ1) is 26.7. The number of ether oxygens (including phenoxy) is 1. The molecule has 3 rings (SSSR count). The zero-order valence-electron chi connectivity index (χ0n) is 19.6. The maximum atomic E-state index is 12.6. The molecule has 1 atom stereocenters. The smallest absolute Gasteiger partial charge is 0.263 e. The number of carbonyl (C=O) groups is 2. The minimum Gasteiger partial charge on any atom is -0.484 e. The lowest BCUT2D eigenvalue weighted by molar-refractivity contribution is -0.121. The average molecular weight is 529 g/mol. The van der Waals surface area contributed by atoms with Crippen LogP contribution < -0.4 is 19.8 Å². The number of anilines is 2. The number of benzene rings is 3. The van der Waals surface area contributed by atoms with Crippen molar-refractivity contribution >= 4 is 51.0 Å². The molecule has 11 heteroatoms. The van der Waals surface area contributed by atoms with E-state index < -0.39 is 22.0 Å². The Morgan fingerprint density at radius 2 is 1.75 bits per heavy atom. The van der Waals surface area contributed by atoms with Crippen LogP contribution in [0.3, 0.4) is 0 Å². The molecule has 0 heterocycles. The first-order chi connectivity index (χ1) is 17.1. The van der Waals surface area contributed by atoms with Gasteiger partial charge < -0.3 is 10.1 Å². The van der Waals surface area contributed by atoms with Crippen LogP contribution in [0.2, 0.25) is 5.02 Å². The molecule has 36 heavy (non-hydrogen) atoms. The van der Waals surface area contributed by atoms with Gasteiger partial charge in [0.1, 0.15) is 11.8 Å². The van der Waals surface area contributed by atoms with Gasteiger partial charge in [-0.05, 0) is 67.1 Å². The van der Waals surface area contributed by atoms with Crippen molar-refractivity contribution < 1.29 is 22.7 Å². The van der Waals surface area contributed by atoms with Gasteiger partial charge in [-0.3, -0.25) is 13.9 Å². The fourth-order valence-electron chi connectivity index (χ4n) is 3.21. The molecule has 0 saturated carbocycles. The molecule has 0 aliphatic heterocycles. The zero-order valence-corrected chi connectivity index (χ0v) is 21.2. The molecule has 3 aromatic carbocycles. The van der Waals surface area contributed by atoms with Gasteiger partial charge in [-0.1, -0.05) is 35.9 Å². The monoisotopic (exact) mass is 528 g/mol. The van der Waals surface area contributed by atoms with Crippen molar-refractivity contribution in [3.63, 3.8) is 0 Å². The predicted octanol–water partition coefficient (Wildman–Crippen LogP) is 3.66. The first-order valence-electron chi connectivity index (χ1n) is 10.8. The van der Waals surface area contributed by atoms with Crippen LogP contribution in [0.15, 0.2) is 84.0 Å². The van der Waals surface area contributed by atoms with Crippen LogP contribution in [0.1, 0.15) is 12.5 Å². The molecule has 2 N–H and O–H groups in total. The summed E-state index contributed by atoms with van der Waals surface area (Å²) >= 11 is 5.90. The Balaban J connectivity index is 1.52. The number of rotatable bonds is 10. The van der Waals surface area contributed by atoms with Gasteiger partial charge in [-0.2, -0.15) is 5.10 Å². The molecule has 0 aliphatic carbocycles. The maximum Gasteiger partial charge on any atom is 0.263 e. The van der Waals surface area contributed by atoms with Gasteiger partial charge in [0, 0.05) is 10.7 Å². The van der Waals surface area contributed by atoms with Crippen molar-refractivity contribution in [3.05, 3.63) is 89.4 Å². The number of nitrogens with one attached hydrogen (secondary N) is 2. The normalized spacial score (nSPS) is 12.1. The van der Waals surface area contributed by atoms with Gasteiger partial charge in [0.2, 0.25) is 10.0 Å². The van der Waals surface area contributed by atoms with Crippen molar-refractivity contribution in [3.8, 4) is 5.75 Å². The summed E-state index contributed by atoms with van der Waals surface area (Å²) in [7, 11) is -3.70. The van der Waals surface area contributed by atoms with Gasteiger partial charge in [-0.15, -0.1) is 0 Å². The Labute approximate surface area is 214 Å². The van der Waals surface area contributed by atoms with Gasteiger partial charge >= 0.3 is 0 Å². The topological polar surface area (TPSA) is 117 Å². The summed E-state index contributed by atoms with van der Waals surface area (Å²) in [6, 6.07) is 20.8. The lowest BCUT2D eigenvalue weighted by Gasteiger charge is -2.27. The second-order valence-corrected chi connectivity index (χ2v) is 10.0. The second kappa shape index (κ2) is 12.2. The van der Waals surface area contributed by atoms with Crippen molar-refractivity contribution in [2.24, 2.45) is 5.10 Å². The molecular formula is C25H25ClN4O5S. The van der Waals surface area contributed by atoms with E-state index in [0.717, 1.165) is 10.6 Å². The fraction of sp³-hybridized carbons (Fsp3) is 0.160. The number of para-hydroxylation sites is 1. The van der Waals surface area contributed by atoms with E-state index in [4.69, 9.17) is 16.3 Å². The molecule has 0 saturated heterocycles. The Hall–Kier alpha value is -3.89. The van der Waals surface area contributed by atoms with Crippen LogP contribution in [-0.4, -0.2) is 45.4 Å². The number of hydrogen-bond donors (Lipinski definition) is 2. The molecule has 0 fully saturated rings.